The summed E-state index contributed by atoms with van der Waals surface area (Å²) in [5.41, 5.74) is 0. The Kier molecular flexibility index (Phi) is 27.6. The van der Waals surface area contributed by atoms with Crippen molar-refractivity contribution in [2.75, 3.05) is 85.8 Å². The first kappa shape index (κ1) is 71.1. The van der Waals surface area contributed by atoms with Crippen molar-refractivity contribution in [3.05, 3.63) is 0 Å². The van der Waals surface area contributed by atoms with E-state index in [0.717, 1.165) is 0 Å². The Balaban J connectivity index is 1.03. The number of phosphoric ester groups is 1. The van der Waals surface area contributed by atoms with Gasteiger partial charge in [0.25, 0.3) is 0 Å². The lowest BCUT2D eigenvalue weighted by Gasteiger charge is -2.40. The maximum Gasteiger partial charge on any atom is 0.472 e. The van der Waals surface area contributed by atoms with E-state index in [2.05, 4.69) is 0 Å². The third kappa shape index (κ3) is 19.5. The molecule has 6 rings (SSSR count). The fraction of sp³-hybridized carbons (Fsp3) is 0.942. The van der Waals surface area contributed by atoms with E-state index in [1.165, 1.54) is 16.5 Å². The largest absolute Gasteiger partial charge is 0.472 e. The number of carbonyl (C=O) groups is 3. The van der Waals surface area contributed by atoms with Gasteiger partial charge in [-0.2, -0.15) is 0 Å². The molecule has 6 fully saturated rings. The van der Waals surface area contributed by atoms with Crippen molar-refractivity contribution >= 4 is 33.1 Å². The van der Waals surface area contributed by atoms with Crippen LogP contribution in [0.4, 0.5) is 0 Å². The molecule has 0 aromatic rings. The van der Waals surface area contributed by atoms with Gasteiger partial charge in [0.05, 0.1) is 120 Å². The Morgan fingerprint density at radius 2 is 0.881 bits per heavy atom. The summed E-state index contributed by atoms with van der Waals surface area (Å²) < 4.78 is 90.9. The highest BCUT2D eigenvalue weighted by atomic mass is 31.2. The fourth-order valence-corrected chi connectivity index (χ4v) is 13.5. The number of carbonyl (C=O) groups excluding carboxylic acids is 3. The molecule has 0 bridgehead atoms. The van der Waals surface area contributed by atoms with Gasteiger partial charge in [0.2, 0.25) is 17.7 Å². The van der Waals surface area contributed by atoms with Crippen LogP contribution in [-0.2, 0) is 74.8 Å². The lowest BCUT2D eigenvalue weighted by molar-refractivity contribution is -0.282. The van der Waals surface area contributed by atoms with E-state index in [0.29, 0.717) is 0 Å². The van der Waals surface area contributed by atoms with E-state index in [1.807, 2.05) is 13.8 Å². The highest BCUT2D eigenvalue weighted by molar-refractivity contribution is 7.53. The number of aliphatic hydroxyl groups excluding tert-OH is 10. The number of rotatable bonds is 31. The number of nitrogens with zero attached hydrogens (tertiary/aromatic N) is 3. The number of phosphoric acid groups is 1. The number of hydrogen-bond donors (Lipinski definition) is 11. The molecule has 0 aromatic heterocycles. The summed E-state index contributed by atoms with van der Waals surface area (Å²) in [5, 5.41) is 101. The molecule has 0 radical (unpaired) electrons. The molecule has 6 aliphatic rings. The first-order chi connectivity index (χ1) is 39.7. The third-order valence-corrected chi connectivity index (χ3v) is 18.6. The smallest absolute Gasteiger partial charge is 0.394 e. The molecular formula is C52H93N3O27P2. The predicted octanol–water partition coefficient (Wildman–Crippen LogP) is -2.08. The van der Waals surface area contributed by atoms with E-state index in [-0.39, 0.29) is 122 Å². The van der Waals surface area contributed by atoms with Gasteiger partial charge in [-0.3, -0.25) is 28.0 Å². The highest BCUT2D eigenvalue weighted by Gasteiger charge is 2.47. The van der Waals surface area contributed by atoms with E-state index < -0.39 is 182 Å². The standard InChI is InChI=1S/C52H93N3O27P2/c1-28(2)75-25-33-17-36(20-54(33)42(61)11-8-14-73-51-30(4)45(64)48(67)39(23-57)79-51)81-83(6,69)76-26-34-18-37(21-55(34)43(62)12-9-15-74-52-31(5)46(65)49(68)40(24-58)80-52)82-84(70,71)77-27-32-16-35(59)19-53(32)41(60)10-7-13-72-50-29(3)44(63)47(66)38(22-56)78-50/h28-40,44-52,56-59,63-68H,7-27H2,1-6H3,(H,70,71)/t29?,30?,31?,32-,33-,34-,35+,36+,37+,38?,39?,40?,44+,45+,46+,47-,48-,49-,50+,51+,52+,83?/m0/s1. The van der Waals surface area contributed by atoms with Crippen LogP contribution in [0.1, 0.15) is 92.4 Å². The average molecular weight is 1250 g/mol. The molecule has 8 unspecified atom stereocenters. The summed E-state index contributed by atoms with van der Waals surface area (Å²) in [6, 6.07) is -2.20. The van der Waals surface area contributed by atoms with Crippen molar-refractivity contribution in [2.45, 2.75) is 209 Å². The quantitative estimate of drug-likeness (QED) is 0.0262. The average Bonchev–Trinajstić information content (AvgIpc) is 4.32. The lowest BCUT2D eigenvalue weighted by Crippen LogP contribution is -2.55. The van der Waals surface area contributed by atoms with Crippen LogP contribution >= 0.6 is 15.4 Å². The van der Waals surface area contributed by atoms with Crippen molar-refractivity contribution in [2.24, 2.45) is 17.8 Å². The second kappa shape index (κ2) is 32.6. The fourth-order valence-electron chi connectivity index (χ4n) is 11.3. The van der Waals surface area contributed by atoms with Crippen molar-refractivity contribution in [1.82, 2.24) is 14.7 Å². The summed E-state index contributed by atoms with van der Waals surface area (Å²) in [4.78, 5) is 56.4. The van der Waals surface area contributed by atoms with Crippen molar-refractivity contribution in [1.29, 1.82) is 0 Å². The van der Waals surface area contributed by atoms with Crippen molar-refractivity contribution < 1.29 is 131 Å². The van der Waals surface area contributed by atoms with E-state index in [1.54, 1.807) is 25.7 Å². The minimum Gasteiger partial charge on any atom is -0.394 e. The molecule has 32 heteroatoms. The van der Waals surface area contributed by atoms with Gasteiger partial charge in [0, 0.05) is 63.3 Å². The van der Waals surface area contributed by atoms with Crippen LogP contribution in [0.2, 0.25) is 0 Å². The zero-order valence-electron chi connectivity index (χ0n) is 48.7. The molecule has 0 saturated carbocycles. The first-order valence-electron chi connectivity index (χ1n) is 29.1. The van der Waals surface area contributed by atoms with Crippen LogP contribution in [0.3, 0.4) is 0 Å². The zero-order valence-corrected chi connectivity index (χ0v) is 50.5. The normalized spacial score (nSPS) is 38.1. The molecule has 84 heavy (non-hydrogen) atoms. The number of hydrogen-bond acceptors (Lipinski definition) is 26. The zero-order chi connectivity index (χ0) is 61.8. The van der Waals surface area contributed by atoms with Gasteiger partial charge in [-0.15, -0.1) is 0 Å². The second-order valence-electron chi connectivity index (χ2n) is 23.2. The summed E-state index contributed by atoms with van der Waals surface area (Å²) in [5.74, 6) is -3.09. The van der Waals surface area contributed by atoms with Crippen LogP contribution < -0.4 is 0 Å². The number of aliphatic hydroxyl groups is 10. The second-order valence-corrected chi connectivity index (χ2v) is 26.7. The molecule has 30 nitrogen and oxygen atoms in total. The summed E-state index contributed by atoms with van der Waals surface area (Å²) in [6.07, 6.45) is -16.2. The van der Waals surface area contributed by atoms with Crippen molar-refractivity contribution in [3.8, 4) is 0 Å². The molecular weight excluding hydrogens is 1160 g/mol. The Morgan fingerprint density at radius 1 is 0.524 bits per heavy atom. The number of amides is 3. The van der Waals surface area contributed by atoms with Gasteiger partial charge in [0.1, 0.15) is 36.6 Å². The van der Waals surface area contributed by atoms with E-state index in [4.69, 9.17) is 51.3 Å². The van der Waals surface area contributed by atoms with Crippen LogP contribution in [-0.4, -0.2) is 290 Å². The van der Waals surface area contributed by atoms with Crippen LogP contribution in [0.5, 0.6) is 0 Å². The first-order valence-corrected chi connectivity index (χ1v) is 32.6. The molecule has 0 spiro atoms. The summed E-state index contributed by atoms with van der Waals surface area (Å²) in [7, 11) is -8.94. The van der Waals surface area contributed by atoms with Gasteiger partial charge in [-0.1, -0.05) is 20.8 Å². The Bertz CT molecular complexity index is 2160. The lowest BCUT2D eigenvalue weighted by atomic mass is 9.92. The molecule has 3 amide bonds. The Morgan fingerprint density at radius 3 is 1.27 bits per heavy atom. The SMILES string of the molecule is CC(C)OC[C@@H]1C[C@@H](OP(C)(=O)OC[C@@H]2C[C@@H](OP(=O)(O)OC[C@@H]3C[C@@H](O)CN3C(=O)CCCO[C@@H]3OC(CO)[C@H](O)[C@H](O)C3C)CN2C(=O)CCCO[C@@H]2OC(CO)[C@H](O)[C@H](O)C2C)CN1C(=O)CCCO[C@@H]1OC(CO)[C@H](O)[C@H](O)C1C. The van der Waals surface area contributed by atoms with Crippen LogP contribution in [0, 0.1) is 17.8 Å². The molecule has 6 aliphatic heterocycles. The maximum atomic E-state index is 14.2. The number of β-amino-alcohol motifs (C(OH)–C–C–N with tert-alkyl or cyclic N) is 1. The topological polar surface area (TPSA) is 419 Å². The molecule has 0 aliphatic carbocycles. The molecule has 6 saturated heterocycles. The third-order valence-electron chi connectivity index (χ3n) is 16.3. The number of likely N-dealkylation sites (tertiary alicyclic amines) is 3. The minimum absolute atomic E-state index is 0.00302. The number of ether oxygens (including phenoxy) is 7. The molecule has 0 aromatic carbocycles. The van der Waals surface area contributed by atoms with Gasteiger partial charge < -0.3 is 113 Å². The summed E-state index contributed by atoms with van der Waals surface area (Å²) >= 11 is 0. The van der Waals surface area contributed by atoms with E-state index in [9.17, 15) is 79.5 Å². The van der Waals surface area contributed by atoms with Gasteiger partial charge >= 0.3 is 15.4 Å². The van der Waals surface area contributed by atoms with Crippen LogP contribution in [0.15, 0.2) is 0 Å². The monoisotopic (exact) mass is 1250 g/mol. The molecule has 6 heterocycles. The van der Waals surface area contributed by atoms with E-state index >= 15 is 0 Å². The Labute approximate surface area is 489 Å². The highest BCUT2D eigenvalue weighted by Crippen LogP contribution is 2.50. The molecule has 488 valence electrons. The van der Waals surface area contributed by atoms with Crippen molar-refractivity contribution in [3.63, 3.8) is 0 Å². The molecule has 11 N–H and O–H groups in total. The maximum absolute atomic E-state index is 14.2. The molecule has 23 atom stereocenters. The van der Waals surface area contributed by atoms with Gasteiger partial charge in [0.15, 0.2) is 18.9 Å². The van der Waals surface area contributed by atoms with Gasteiger partial charge in [-0.25, -0.2) is 4.57 Å². The summed E-state index contributed by atoms with van der Waals surface area (Å²) in [6.45, 7) is 7.06. The van der Waals surface area contributed by atoms with Crippen LogP contribution in [0.25, 0.3) is 0 Å². The Hall–Kier alpha value is -2.01. The van der Waals surface area contributed by atoms with Gasteiger partial charge in [-0.05, 0) is 52.4 Å². The minimum atomic E-state index is -4.95. The predicted molar refractivity (Wildman–Crippen MR) is 289 cm³/mol.